The number of piperidine rings is 1. The van der Waals surface area contributed by atoms with Gasteiger partial charge < -0.3 is 9.64 Å². The van der Waals surface area contributed by atoms with Gasteiger partial charge >= 0.3 is 12.1 Å². The van der Waals surface area contributed by atoms with E-state index in [0.29, 0.717) is 38.1 Å². The van der Waals surface area contributed by atoms with Gasteiger partial charge in [-0.2, -0.15) is 13.2 Å². The Labute approximate surface area is 173 Å². The van der Waals surface area contributed by atoms with Gasteiger partial charge in [-0.25, -0.2) is 0 Å². The van der Waals surface area contributed by atoms with E-state index in [-0.39, 0.29) is 23.2 Å². The number of hydrogen-bond donors (Lipinski definition) is 0. The van der Waals surface area contributed by atoms with Crippen molar-refractivity contribution in [3.8, 4) is 0 Å². The number of carbonyl (C=O) groups excluding carboxylic acids is 2. The van der Waals surface area contributed by atoms with Crippen LogP contribution in [0.2, 0.25) is 0 Å². The number of ether oxygens (including phenoxy) is 1. The van der Waals surface area contributed by atoms with E-state index >= 15 is 0 Å². The van der Waals surface area contributed by atoms with Crippen LogP contribution in [-0.4, -0.2) is 59.4 Å². The lowest BCUT2D eigenvalue weighted by atomic mass is 9.71. The molecule has 3 fully saturated rings. The molecule has 9 heteroatoms. The molecule has 0 aromatic carbocycles. The molecule has 3 aliphatic heterocycles. The number of likely N-dealkylation sites (tertiary alicyclic amines) is 2. The largest absolute Gasteiger partial charge is 0.465 e. The van der Waals surface area contributed by atoms with Crippen LogP contribution in [0, 0.1) is 11.3 Å². The van der Waals surface area contributed by atoms with Crippen molar-refractivity contribution in [1.82, 2.24) is 14.8 Å². The minimum atomic E-state index is -4.36. The molecule has 164 valence electrons. The molecule has 0 unspecified atom stereocenters. The molecule has 0 radical (unpaired) electrons. The van der Waals surface area contributed by atoms with E-state index in [1.165, 1.54) is 6.07 Å². The number of esters is 1. The van der Waals surface area contributed by atoms with Crippen molar-refractivity contribution >= 4 is 11.9 Å². The van der Waals surface area contributed by atoms with Crippen molar-refractivity contribution in [3.05, 3.63) is 29.6 Å². The zero-order valence-electron chi connectivity index (χ0n) is 16.8. The lowest BCUT2D eigenvalue weighted by molar-refractivity contribution is -0.147. The van der Waals surface area contributed by atoms with Crippen LogP contribution in [0.25, 0.3) is 0 Å². The molecule has 1 atom stereocenters. The van der Waals surface area contributed by atoms with Crippen LogP contribution in [0.3, 0.4) is 0 Å². The van der Waals surface area contributed by atoms with Crippen LogP contribution in [0.4, 0.5) is 13.2 Å². The van der Waals surface area contributed by atoms with Crippen LogP contribution in [-0.2, 0) is 27.0 Å². The Kier molecular flexibility index (Phi) is 5.74. The number of carbonyl (C=O) groups is 2. The number of amides is 1. The first-order valence-corrected chi connectivity index (χ1v) is 10.4. The molecule has 1 amide bonds. The zero-order valence-corrected chi connectivity index (χ0v) is 16.8. The number of halogens is 3. The predicted molar refractivity (Wildman–Crippen MR) is 101 cm³/mol. The van der Waals surface area contributed by atoms with Gasteiger partial charge in [-0.15, -0.1) is 0 Å². The highest BCUT2D eigenvalue weighted by molar-refractivity contribution is 5.77. The predicted octanol–water partition coefficient (Wildman–Crippen LogP) is 2.87. The van der Waals surface area contributed by atoms with Crippen molar-refractivity contribution in [3.63, 3.8) is 0 Å². The summed E-state index contributed by atoms with van der Waals surface area (Å²) in [6.45, 7) is 4.23. The summed E-state index contributed by atoms with van der Waals surface area (Å²) in [5.74, 6) is 0.142. The van der Waals surface area contributed by atoms with E-state index in [9.17, 15) is 22.8 Å². The summed E-state index contributed by atoms with van der Waals surface area (Å²) in [5.41, 5.74) is 0.0838. The first-order chi connectivity index (χ1) is 14.2. The van der Waals surface area contributed by atoms with Gasteiger partial charge in [-0.1, -0.05) is 0 Å². The summed E-state index contributed by atoms with van der Waals surface area (Å²) >= 11 is 0. The second-order valence-corrected chi connectivity index (χ2v) is 8.85. The summed E-state index contributed by atoms with van der Waals surface area (Å²) in [6.07, 6.45) is 0.0549. The highest BCUT2D eigenvalue weighted by Crippen LogP contribution is 2.41. The maximum atomic E-state index is 12.6. The summed E-state index contributed by atoms with van der Waals surface area (Å²) in [4.78, 5) is 31.6. The van der Waals surface area contributed by atoms with Gasteiger partial charge in [0.15, 0.2) is 0 Å². The van der Waals surface area contributed by atoms with Crippen molar-refractivity contribution in [2.45, 2.75) is 44.8 Å². The lowest BCUT2D eigenvalue weighted by Gasteiger charge is -2.54. The number of nitrogens with zero attached hydrogens (tertiary/aromatic N) is 3. The maximum absolute atomic E-state index is 12.6. The summed E-state index contributed by atoms with van der Waals surface area (Å²) < 4.78 is 42.9. The van der Waals surface area contributed by atoms with Crippen LogP contribution in [0.15, 0.2) is 18.3 Å². The summed E-state index contributed by atoms with van der Waals surface area (Å²) in [5, 5.41) is 0. The molecule has 0 bridgehead atoms. The molecule has 3 saturated heterocycles. The van der Waals surface area contributed by atoms with E-state index in [4.69, 9.17) is 4.74 Å². The van der Waals surface area contributed by atoms with Crippen molar-refractivity contribution in [2.24, 2.45) is 11.3 Å². The average molecular weight is 425 g/mol. The monoisotopic (exact) mass is 425 g/mol. The Balaban J connectivity index is 1.18. The summed E-state index contributed by atoms with van der Waals surface area (Å²) in [6, 6.07) is 2.52. The van der Waals surface area contributed by atoms with Crippen LogP contribution in [0.5, 0.6) is 0 Å². The van der Waals surface area contributed by atoms with Gasteiger partial charge in [0.2, 0.25) is 5.91 Å². The minimum absolute atomic E-state index is 0.149. The van der Waals surface area contributed by atoms with E-state index in [2.05, 4.69) is 9.88 Å². The third kappa shape index (κ3) is 4.77. The molecule has 0 N–H and O–H groups in total. The Morgan fingerprint density at radius 1 is 1.23 bits per heavy atom. The molecule has 0 saturated carbocycles. The minimum Gasteiger partial charge on any atom is -0.465 e. The first-order valence-electron chi connectivity index (χ1n) is 10.4. The fourth-order valence-electron chi connectivity index (χ4n) is 4.59. The number of hydrogen-bond acceptors (Lipinski definition) is 5. The van der Waals surface area contributed by atoms with Gasteiger partial charge in [-0.05, 0) is 44.5 Å². The molecule has 1 aromatic rings. The topological polar surface area (TPSA) is 62.7 Å². The quantitative estimate of drug-likeness (QED) is 0.679. The normalized spacial score (nSPS) is 24.0. The third-order valence-corrected chi connectivity index (χ3v) is 6.56. The van der Waals surface area contributed by atoms with Gasteiger partial charge in [-0.3, -0.25) is 19.5 Å². The highest BCUT2D eigenvalue weighted by Gasteiger charge is 2.46. The molecule has 3 aliphatic rings. The zero-order chi connectivity index (χ0) is 21.4. The van der Waals surface area contributed by atoms with Crippen molar-refractivity contribution in [2.75, 3.05) is 32.8 Å². The van der Waals surface area contributed by atoms with Gasteiger partial charge in [0.25, 0.3) is 0 Å². The molecule has 4 rings (SSSR count). The third-order valence-electron chi connectivity index (χ3n) is 6.56. The second kappa shape index (κ2) is 8.17. The van der Waals surface area contributed by atoms with Crippen molar-refractivity contribution < 1.29 is 27.5 Å². The first kappa shape index (κ1) is 21.1. The molecular weight excluding hydrogens is 399 g/mol. The maximum Gasteiger partial charge on any atom is 0.417 e. The number of alkyl halides is 3. The lowest BCUT2D eigenvalue weighted by Crippen LogP contribution is -2.61. The molecule has 4 heterocycles. The van der Waals surface area contributed by atoms with E-state index in [1.807, 2.05) is 4.90 Å². The van der Waals surface area contributed by atoms with E-state index < -0.39 is 11.7 Å². The Morgan fingerprint density at radius 3 is 2.53 bits per heavy atom. The fraction of sp³-hybridized carbons (Fsp3) is 0.667. The average Bonchev–Trinajstić information content (AvgIpc) is 3.10. The molecule has 1 spiro atoms. The molecule has 0 aliphatic carbocycles. The smallest absolute Gasteiger partial charge is 0.417 e. The van der Waals surface area contributed by atoms with Crippen LogP contribution >= 0.6 is 0 Å². The number of aromatic nitrogens is 1. The van der Waals surface area contributed by atoms with Crippen molar-refractivity contribution in [1.29, 1.82) is 0 Å². The number of pyridine rings is 1. The van der Waals surface area contributed by atoms with E-state index in [1.54, 1.807) is 0 Å². The van der Waals surface area contributed by atoms with Gasteiger partial charge in [0, 0.05) is 43.6 Å². The SMILES string of the molecule is O=C1C[C@H](CCC(=O)N2CC3(CCN(Cc4ccc(C(F)(F)F)cn4)CC3)C2)CO1. The molecule has 6 nitrogen and oxygen atoms in total. The summed E-state index contributed by atoms with van der Waals surface area (Å²) in [7, 11) is 0. The molecule has 30 heavy (non-hydrogen) atoms. The number of cyclic esters (lactones) is 1. The van der Waals surface area contributed by atoms with Gasteiger partial charge in [0.05, 0.1) is 24.3 Å². The Bertz CT molecular complexity index is 781. The number of rotatable bonds is 5. The molecule has 1 aromatic heterocycles. The Morgan fingerprint density at radius 2 is 1.97 bits per heavy atom. The Hall–Kier alpha value is -2.16. The highest BCUT2D eigenvalue weighted by atomic mass is 19.4. The van der Waals surface area contributed by atoms with Crippen LogP contribution in [0.1, 0.15) is 43.4 Å². The fourth-order valence-corrected chi connectivity index (χ4v) is 4.59. The van der Waals surface area contributed by atoms with Gasteiger partial charge in [0.1, 0.15) is 0 Å². The van der Waals surface area contributed by atoms with E-state index in [0.717, 1.165) is 51.3 Å². The second-order valence-electron chi connectivity index (χ2n) is 8.85. The molecular formula is C21H26F3N3O3. The standard InChI is InChI=1S/C21H26F3N3O3/c22-21(23,24)16-2-3-17(25-10-16)11-26-7-5-20(6-8-26)13-27(14-20)18(28)4-1-15-9-19(29)30-12-15/h2-3,10,15H,1,4-9,11-14H2/t15-/m0/s1. The van der Waals surface area contributed by atoms with Crippen LogP contribution < -0.4 is 0 Å².